The number of aryl methyl sites for hydroxylation is 1. The molecule has 1 saturated carbocycles. The Morgan fingerprint density at radius 1 is 1.03 bits per heavy atom. The number of hydrogen-bond acceptors (Lipinski definition) is 3. The summed E-state index contributed by atoms with van der Waals surface area (Å²) in [6.45, 7) is 2.18. The highest BCUT2D eigenvalue weighted by atomic mass is 15.1. The van der Waals surface area contributed by atoms with Crippen LogP contribution < -0.4 is 5.32 Å². The van der Waals surface area contributed by atoms with Crippen molar-refractivity contribution in [2.24, 2.45) is 0 Å². The van der Waals surface area contributed by atoms with Crippen molar-refractivity contribution in [3.63, 3.8) is 0 Å². The van der Waals surface area contributed by atoms with Crippen LogP contribution in [0.2, 0.25) is 0 Å². The standard InChI is InChI=1S/C27H26N4/c1-2-20-16-18-31-25(19-20)30-26(27(31)29-24-8-3-4-9-24)22-13-10-21(11-14-22)12-15-23-7-5-6-17-28-23/h5-7,10-11,13-14,16-19,24,29H,2-4,8-9H2,1H3. The SMILES string of the molecule is CCc1ccn2c(NC3CCCC3)c(-c3ccc(C#Cc4ccccn4)cc3)nc2c1. The Morgan fingerprint density at radius 2 is 1.87 bits per heavy atom. The average Bonchev–Trinajstić information content (AvgIpc) is 3.47. The van der Waals surface area contributed by atoms with Crippen molar-refractivity contribution in [1.82, 2.24) is 14.4 Å². The number of aromatic nitrogens is 3. The lowest BCUT2D eigenvalue weighted by Gasteiger charge is -2.15. The molecule has 4 nitrogen and oxygen atoms in total. The second kappa shape index (κ2) is 8.65. The van der Waals surface area contributed by atoms with Crippen LogP contribution in [0, 0.1) is 11.8 Å². The van der Waals surface area contributed by atoms with Gasteiger partial charge in [-0.3, -0.25) is 4.40 Å². The maximum absolute atomic E-state index is 5.01. The van der Waals surface area contributed by atoms with E-state index in [4.69, 9.17) is 4.98 Å². The van der Waals surface area contributed by atoms with Gasteiger partial charge < -0.3 is 5.32 Å². The first kappa shape index (κ1) is 19.4. The topological polar surface area (TPSA) is 42.2 Å². The Morgan fingerprint density at radius 3 is 2.61 bits per heavy atom. The van der Waals surface area contributed by atoms with Crippen LogP contribution in [0.1, 0.15) is 49.4 Å². The highest BCUT2D eigenvalue weighted by Gasteiger charge is 2.20. The molecule has 1 aliphatic rings. The predicted octanol–water partition coefficient (Wildman–Crippen LogP) is 5.71. The lowest BCUT2D eigenvalue weighted by Crippen LogP contribution is -2.16. The molecule has 0 aliphatic heterocycles. The maximum atomic E-state index is 5.01. The van der Waals surface area contributed by atoms with Crippen LogP contribution >= 0.6 is 0 Å². The summed E-state index contributed by atoms with van der Waals surface area (Å²) in [6, 6.07) is 19.0. The third kappa shape index (κ3) is 4.18. The number of nitrogens with zero attached hydrogens (tertiary/aromatic N) is 3. The lowest BCUT2D eigenvalue weighted by molar-refractivity contribution is 0.749. The highest BCUT2D eigenvalue weighted by molar-refractivity contribution is 5.77. The monoisotopic (exact) mass is 406 g/mol. The number of anilines is 1. The smallest absolute Gasteiger partial charge is 0.139 e. The van der Waals surface area contributed by atoms with E-state index in [1.807, 2.05) is 18.2 Å². The second-order valence-electron chi connectivity index (χ2n) is 8.09. The molecule has 0 radical (unpaired) electrons. The van der Waals surface area contributed by atoms with Crippen molar-refractivity contribution in [3.05, 3.63) is 83.8 Å². The molecule has 0 spiro atoms. The third-order valence-electron chi connectivity index (χ3n) is 5.95. The van der Waals surface area contributed by atoms with Crippen molar-refractivity contribution in [3.8, 4) is 23.1 Å². The summed E-state index contributed by atoms with van der Waals surface area (Å²) in [4.78, 5) is 9.27. The van der Waals surface area contributed by atoms with Gasteiger partial charge in [0.1, 0.15) is 22.9 Å². The molecule has 1 N–H and O–H groups in total. The summed E-state index contributed by atoms with van der Waals surface area (Å²) in [7, 11) is 0. The van der Waals surface area contributed by atoms with E-state index in [-0.39, 0.29) is 0 Å². The van der Waals surface area contributed by atoms with Crippen LogP contribution in [-0.4, -0.2) is 20.4 Å². The van der Waals surface area contributed by atoms with Crippen LogP contribution in [0.4, 0.5) is 5.82 Å². The molecule has 0 bridgehead atoms. The molecule has 1 aromatic carbocycles. The number of benzene rings is 1. The van der Waals surface area contributed by atoms with Crippen LogP contribution in [0.15, 0.2) is 67.0 Å². The fourth-order valence-electron chi connectivity index (χ4n) is 4.19. The normalized spacial score (nSPS) is 13.8. The van der Waals surface area contributed by atoms with Gasteiger partial charge in [0.25, 0.3) is 0 Å². The average molecular weight is 407 g/mol. The molecule has 5 rings (SSSR count). The molecule has 154 valence electrons. The zero-order chi connectivity index (χ0) is 21.0. The van der Waals surface area contributed by atoms with E-state index >= 15 is 0 Å². The van der Waals surface area contributed by atoms with Crippen molar-refractivity contribution >= 4 is 11.5 Å². The molecule has 0 unspecified atom stereocenters. The van der Waals surface area contributed by atoms with Gasteiger partial charge in [-0.25, -0.2) is 9.97 Å². The van der Waals surface area contributed by atoms with Gasteiger partial charge in [-0.15, -0.1) is 0 Å². The van der Waals surface area contributed by atoms with Crippen LogP contribution in [0.5, 0.6) is 0 Å². The second-order valence-corrected chi connectivity index (χ2v) is 8.09. The van der Waals surface area contributed by atoms with E-state index in [1.54, 1.807) is 6.20 Å². The van der Waals surface area contributed by atoms with Gasteiger partial charge in [-0.2, -0.15) is 0 Å². The molecule has 1 fully saturated rings. The first-order valence-electron chi connectivity index (χ1n) is 11.1. The molecule has 3 heterocycles. The van der Waals surface area contributed by atoms with E-state index in [1.165, 1.54) is 31.2 Å². The number of pyridine rings is 2. The van der Waals surface area contributed by atoms with Gasteiger partial charge in [0.2, 0.25) is 0 Å². The number of rotatable bonds is 4. The Balaban J connectivity index is 1.50. The first-order chi connectivity index (χ1) is 15.3. The summed E-state index contributed by atoms with van der Waals surface area (Å²) >= 11 is 0. The molecule has 0 saturated heterocycles. The predicted molar refractivity (Wildman–Crippen MR) is 126 cm³/mol. The van der Waals surface area contributed by atoms with Gasteiger partial charge >= 0.3 is 0 Å². The van der Waals surface area contributed by atoms with E-state index in [0.29, 0.717) is 6.04 Å². The van der Waals surface area contributed by atoms with E-state index < -0.39 is 0 Å². The van der Waals surface area contributed by atoms with E-state index in [2.05, 4.69) is 76.1 Å². The Hall–Kier alpha value is -3.58. The minimum atomic E-state index is 0.521. The number of imidazole rings is 1. The zero-order valence-electron chi connectivity index (χ0n) is 17.8. The Labute approximate surface area is 183 Å². The number of hydrogen-bond donors (Lipinski definition) is 1. The fraction of sp³-hybridized carbons (Fsp3) is 0.259. The first-order valence-corrected chi connectivity index (χ1v) is 11.1. The largest absolute Gasteiger partial charge is 0.367 e. The minimum absolute atomic E-state index is 0.521. The van der Waals surface area contributed by atoms with Crippen molar-refractivity contribution in [2.75, 3.05) is 5.32 Å². The summed E-state index contributed by atoms with van der Waals surface area (Å²) in [6.07, 6.45) is 9.96. The van der Waals surface area contributed by atoms with Crippen LogP contribution in [-0.2, 0) is 6.42 Å². The molecule has 4 heteroatoms. The molecule has 0 amide bonds. The van der Waals surface area contributed by atoms with Crippen molar-refractivity contribution in [1.29, 1.82) is 0 Å². The molecule has 3 aromatic heterocycles. The molecule has 1 aliphatic carbocycles. The minimum Gasteiger partial charge on any atom is -0.367 e. The molecule has 4 aromatic rings. The third-order valence-corrected chi connectivity index (χ3v) is 5.95. The highest BCUT2D eigenvalue weighted by Crippen LogP contribution is 2.32. The Bertz CT molecular complexity index is 1240. The van der Waals surface area contributed by atoms with E-state index in [9.17, 15) is 0 Å². The van der Waals surface area contributed by atoms with Crippen LogP contribution in [0.25, 0.3) is 16.9 Å². The van der Waals surface area contributed by atoms with Gasteiger partial charge in [0, 0.05) is 29.6 Å². The molecule has 31 heavy (non-hydrogen) atoms. The molecule has 0 atom stereocenters. The van der Waals surface area contributed by atoms with Crippen molar-refractivity contribution < 1.29 is 0 Å². The van der Waals surface area contributed by atoms with Crippen LogP contribution in [0.3, 0.4) is 0 Å². The summed E-state index contributed by atoms with van der Waals surface area (Å²) in [5.41, 5.74) is 6.15. The number of fused-ring (bicyclic) bond motifs is 1. The number of nitrogens with one attached hydrogen (secondary N) is 1. The van der Waals surface area contributed by atoms with Gasteiger partial charge in [0.05, 0.1) is 0 Å². The van der Waals surface area contributed by atoms with Gasteiger partial charge in [0.15, 0.2) is 0 Å². The molecular weight excluding hydrogens is 380 g/mol. The summed E-state index contributed by atoms with van der Waals surface area (Å²) < 4.78 is 2.20. The Kier molecular flexibility index (Phi) is 5.41. The fourth-order valence-corrected chi connectivity index (χ4v) is 4.19. The van der Waals surface area contributed by atoms with Gasteiger partial charge in [-0.1, -0.05) is 43.9 Å². The van der Waals surface area contributed by atoms with E-state index in [0.717, 1.165) is 40.4 Å². The summed E-state index contributed by atoms with van der Waals surface area (Å²) in [5, 5.41) is 3.79. The molecular formula is C27H26N4. The lowest BCUT2D eigenvalue weighted by atomic mass is 10.1. The zero-order valence-corrected chi connectivity index (χ0v) is 17.8. The quantitative estimate of drug-likeness (QED) is 0.441. The maximum Gasteiger partial charge on any atom is 0.139 e. The van der Waals surface area contributed by atoms with Crippen molar-refractivity contribution in [2.45, 2.75) is 45.1 Å². The van der Waals surface area contributed by atoms with Gasteiger partial charge in [-0.05, 0) is 67.1 Å². The summed E-state index contributed by atoms with van der Waals surface area (Å²) in [5.74, 6) is 7.42.